The van der Waals surface area contributed by atoms with E-state index in [2.05, 4.69) is 31.0 Å². The van der Waals surface area contributed by atoms with E-state index in [1.54, 1.807) is 0 Å². The average Bonchev–Trinajstić information content (AvgIpc) is 2.68. The molecule has 1 aromatic carbocycles. The number of hydrogen-bond acceptors (Lipinski definition) is 4. The van der Waals surface area contributed by atoms with Crippen LogP contribution in [0.25, 0.3) is 0 Å². The second-order valence-electron chi connectivity index (χ2n) is 7.04. The number of ether oxygens (including phenoxy) is 2. The van der Waals surface area contributed by atoms with Gasteiger partial charge in [0.2, 0.25) is 0 Å². The van der Waals surface area contributed by atoms with Crippen molar-refractivity contribution in [3.8, 4) is 5.75 Å². The molecule has 154 valence electrons. The highest BCUT2D eigenvalue weighted by atomic mass is 16.5. The maximum Gasteiger partial charge on any atom is 0.256 e. The molecule has 1 N–H and O–H groups in total. The number of rotatable bonds is 14. The maximum atomic E-state index is 12.7. The van der Waals surface area contributed by atoms with E-state index in [0.29, 0.717) is 19.6 Å². The number of hydrogen-bond donors (Lipinski definition) is 1. The Morgan fingerprint density at radius 1 is 1.04 bits per heavy atom. The van der Waals surface area contributed by atoms with Gasteiger partial charge in [0.1, 0.15) is 11.4 Å². The SMILES string of the molecule is CCCO[C@@](C)(CCC)C(=O)Nc1ccc(OCCCN(CC)CC)cc1. The summed E-state index contributed by atoms with van der Waals surface area (Å²) in [5.41, 5.74) is -0.0254. The van der Waals surface area contributed by atoms with E-state index >= 15 is 0 Å². The number of anilines is 1. The summed E-state index contributed by atoms with van der Waals surface area (Å²) in [5.74, 6) is 0.733. The molecule has 1 rings (SSSR count). The van der Waals surface area contributed by atoms with Crippen molar-refractivity contribution in [1.29, 1.82) is 0 Å². The third-order valence-electron chi connectivity index (χ3n) is 4.73. The Hall–Kier alpha value is -1.59. The van der Waals surface area contributed by atoms with E-state index in [1.165, 1.54) is 0 Å². The van der Waals surface area contributed by atoms with Gasteiger partial charge in [0.25, 0.3) is 5.91 Å². The maximum absolute atomic E-state index is 12.7. The number of nitrogens with one attached hydrogen (secondary N) is 1. The molecule has 0 aliphatic carbocycles. The van der Waals surface area contributed by atoms with Gasteiger partial charge in [-0.25, -0.2) is 0 Å². The van der Waals surface area contributed by atoms with Crippen LogP contribution < -0.4 is 10.1 Å². The third-order valence-corrected chi connectivity index (χ3v) is 4.73. The zero-order valence-electron chi connectivity index (χ0n) is 17.8. The van der Waals surface area contributed by atoms with Crippen molar-refractivity contribution in [3.63, 3.8) is 0 Å². The summed E-state index contributed by atoms with van der Waals surface area (Å²) in [5, 5.41) is 2.97. The molecule has 0 radical (unpaired) electrons. The Balaban J connectivity index is 2.51. The largest absolute Gasteiger partial charge is 0.494 e. The van der Waals surface area contributed by atoms with E-state index in [1.807, 2.05) is 38.1 Å². The lowest BCUT2D eigenvalue weighted by Crippen LogP contribution is -2.43. The molecule has 1 aromatic rings. The zero-order valence-corrected chi connectivity index (χ0v) is 17.8. The minimum Gasteiger partial charge on any atom is -0.494 e. The molecule has 0 aliphatic rings. The minimum absolute atomic E-state index is 0.0920. The van der Waals surface area contributed by atoms with E-state index < -0.39 is 5.60 Å². The highest BCUT2D eigenvalue weighted by Crippen LogP contribution is 2.22. The number of benzene rings is 1. The van der Waals surface area contributed by atoms with Crippen molar-refractivity contribution in [3.05, 3.63) is 24.3 Å². The average molecular weight is 379 g/mol. The molecule has 0 saturated carbocycles. The van der Waals surface area contributed by atoms with Crippen LogP contribution in [0.1, 0.15) is 60.3 Å². The van der Waals surface area contributed by atoms with Gasteiger partial charge in [0.05, 0.1) is 6.61 Å². The minimum atomic E-state index is -0.787. The van der Waals surface area contributed by atoms with Crippen LogP contribution in [0, 0.1) is 0 Å². The lowest BCUT2D eigenvalue weighted by Gasteiger charge is -2.28. The van der Waals surface area contributed by atoms with Crippen molar-refractivity contribution >= 4 is 11.6 Å². The number of carbonyl (C=O) groups excluding carboxylic acids is 1. The van der Waals surface area contributed by atoms with E-state index in [-0.39, 0.29) is 5.91 Å². The molecule has 5 nitrogen and oxygen atoms in total. The first kappa shape index (κ1) is 23.4. The lowest BCUT2D eigenvalue weighted by atomic mass is 9.99. The monoisotopic (exact) mass is 378 g/mol. The first-order chi connectivity index (χ1) is 13.0. The van der Waals surface area contributed by atoms with Gasteiger partial charge in [-0.2, -0.15) is 0 Å². The molecular weight excluding hydrogens is 340 g/mol. The van der Waals surface area contributed by atoms with Crippen molar-refractivity contribution < 1.29 is 14.3 Å². The summed E-state index contributed by atoms with van der Waals surface area (Å²) in [6.45, 7) is 14.8. The zero-order chi connectivity index (χ0) is 20.1. The molecule has 0 saturated heterocycles. The summed E-state index contributed by atoms with van der Waals surface area (Å²) in [6.07, 6.45) is 3.50. The molecule has 0 spiro atoms. The summed E-state index contributed by atoms with van der Waals surface area (Å²) >= 11 is 0. The molecule has 0 heterocycles. The molecule has 1 amide bonds. The van der Waals surface area contributed by atoms with Gasteiger partial charge < -0.3 is 19.7 Å². The fourth-order valence-electron chi connectivity index (χ4n) is 2.97. The van der Waals surface area contributed by atoms with E-state index in [4.69, 9.17) is 9.47 Å². The summed E-state index contributed by atoms with van der Waals surface area (Å²) in [4.78, 5) is 15.1. The molecule has 0 bridgehead atoms. The number of nitrogens with zero attached hydrogens (tertiary/aromatic N) is 1. The van der Waals surface area contributed by atoms with Crippen LogP contribution in [0.2, 0.25) is 0 Å². The molecular formula is C22H38N2O3. The van der Waals surface area contributed by atoms with E-state index in [9.17, 15) is 4.79 Å². The van der Waals surface area contributed by atoms with Gasteiger partial charge in [0.15, 0.2) is 0 Å². The fraction of sp³-hybridized carbons (Fsp3) is 0.682. The molecule has 0 fully saturated rings. The Labute approximate surface area is 165 Å². The number of carbonyl (C=O) groups is 1. The smallest absolute Gasteiger partial charge is 0.256 e. The molecule has 27 heavy (non-hydrogen) atoms. The van der Waals surface area contributed by atoms with Crippen molar-refractivity contribution in [1.82, 2.24) is 4.90 Å². The first-order valence-electron chi connectivity index (χ1n) is 10.4. The predicted molar refractivity (Wildman–Crippen MR) is 113 cm³/mol. The van der Waals surface area contributed by atoms with Crippen LogP contribution in [0.4, 0.5) is 5.69 Å². The van der Waals surface area contributed by atoms with Gasteiger partial charge in [-0.05, 0) is 63.5 Å². The van der Waals surface area contributed by atoms with Gasteiger partial charge in [-0.3, -0.25) is 4.79 Å². The molecule has 5 heteroatoms. The molecule has 0 unspecified atom stereocenters. The normalized spacial score (nSPS) is 13.4. The van der Waals surface area contributed by atoms with Gasteiger partial charge in [-0.1, -0.05) is 34.1 Å². The Bertz CT molecular complexity index is 529. The van der Waals surface area contributed by atoms with Crippen LogP contribution in [0.15, 0.2) is 24.3 Å². The van der Waals surface area contributed by atoms with Gasteiger partial charge >= 0.3 is 0 Å². The standard InChI is InChI=1S/C22H38N2O3/c1-6-15-22(5,27-17-7-2)21(25)23-19-11-13-20(14-12-19)26-18-10-16-24(8-3)9-4/h11-14H,6-10,15-18H2,1-5H3,(H,23,25)/t22-/m0/s1. The van der Waals surface area contributed by atoms with Crippen molar-refractivity contribution in [2.45, 2.75) is 65.9 Å². The fourth-order valence-corrected chi connectivity index (χ4v) is 2.97. The first-order valence-corrected chi connectivity index (χ1v) is 10.4. The van der Waals surface area contributed by atoms with Crippen molar-refractivity contribution in [2.24, 2.45) is 0 Å². The summed E-state index contributed by atoms with van der Waals surface area (Å²) in [7, 11) is 0. The Morgan fingerprint density at radius 3 is 2.26 bits per heavy atom. The van der Waals surface area contributed by atoms with Crippen LogP contribution in [-0.4, -0.2) is 49.3 Å². The topological polar surface area (TPSA) is 50.8 Å². The quantitative estimate of drug-likeness (QED) is 0.476. The van der Waals surface area contributed by atoms with Crippen LogP contribution >= 0.6 is 0 Å². The van der Waals surface area contributed by atoms with E-state index in [0.717, 1.165) is 50.3 Å². The number of amides is 1. The highest BCUT2D eigenvalue weighted by molar-refractivity contribution is 5.97. The summed E-state index contributed by atoms with van der Waals surface area (Å²) < 4.78 is 11.6. The van der Waals surface area contributed by atoms with Gasteiger partial charge in [0, 0.05) is 18.8 Å². The Kier molecular flexibility index (Phi) is 11.1. The second kappa shape index (κ2) is 12.7. The Morgan fingerprint density at radius 2 is 1.70 bits per heavy atom. The van der Waals surface area contributed by atoms with Crippen molar-refractivity contribution in [2.75, 3.05) is 38.2 Å². The highest BCUT2D eigenvalue weighted by Gasteiger charge is 2.33. The lowest BCUT2D eigenvalue weighted by molar-refractivity contribution is -0.140. The predicted octanol–water partition coefficient (Wildman–Crippen LogP) is 4.72. The van der Waals surface area contributed by atoms with Crippen LogP contribution in [0.5, 0.6) is 5.75 Å². The summed E-state index contributed by atoms with van der Waals surface area (Å²) in [6, 6.07) is 7.56. The molecule has 0 aromatic heterocycles. The second-order valence-corrected chi connectivity index (χ2v) is 7.04. The van der Waals surface area contributed by atoms with Crippen LogP contribution in [0.3, 0.4) is 0 Å². The third kappa shape index (κ3) is 8.31. The molecule has 1 atom stereocenters. The van der Waals surface area contributed by atoms with Gasteiger partial charge in [-0.15, -0.1) is 0 Å². The molecule has 0 aliphatic heterocycles. The van der Waals surface area contributed by atoms with Crippen LogP contribution in [-0.2, 0) is 9.53 Å².